The number of hydrogen-bond acceptors (Lipinski definition) is 4. The van der Waals surface area contributed by atoms with E-state index in [-0.39, 0.29) is 11.5 Å². The van der Waals surface area contributed by atoms with Gasteiger partial charge in [0.05, 0.1) is 18.4 Å². The van der Waals surface area contributed by atoms with E-state index in [0.29, 0.717) is 18.3 Å². The van der Waals surface area contributed by atoms with Crippen LogP contribution >= 0.6 is 0 Å². The van der Waals surface area contributed by atoms with Gasteiger partial charge in [-0.25, -0.2) is 17.5 Å². The summed E-state index contributed by atoms with van der Waals surface area (Å²) >= 11 is 0. The lowest BCUT2D eigenvalue weighted by Gasteiger charge is -2.28. The largest absolute Gasteiger partial charge is 0.493 e. The third-order valence-corrected chi connectivity index (χ3v) is 6.65. The predicted molar refractivity (Wildman–Crippen MR) is 99.7 cm³/mol. The molecule has 1 N–H and O–H groups in total. The first-order valence-corrected chi connectivity index (χ1v) is 11.7. The van der Waals surface area contributed by atoms with E-state index >= 15 is 0 Å². The molecule has 2 bridgehead atoms. The molecule has 0 radical (unpaired) electrons. The number of fused-ring (bicyclic) bond motifs is 2. The number of benzene rings is 1. The fourth-order valence-electron chi connectivity index (χ4n) is 4.80. The normalized spacial score (nSPS) is 27.4. The van der Waals surface area contributed by atoms with Crippen LogP contribution in [0.2, 0.25) is 0 Å². The molecule has 4 rings (SSSR count). The summed E-state index contributed by atoms with van der Waals surface area (Å²) in [6.07, 6.45) is 9.20. The molecule has 1 aromatic rings. The van der Waals surface area contributed by atoms with Crippen molar-refractivity contribution < 1.29 is 22.3 Å². The minimum absolute atomic E-state index is 0.245. The van der Waals surface area contributed by atoms with Gasteiger partial charge in [-0.1, -0.05) is 12.8 Å². The molecule has 0 saturated heterocycles. The average molecular weight is 395 g/mol. The second-order valence-electron chi connectivity index (χ2n) is 8.54. The lowest BCUT2D eigenvalue weighted by Crippen LogP contribution is -2.30. The molecule has 148 valence electrons. The van der Waals surface area contributed by atoms with Gasteiger partial charge in [-0.15, -0.1) is 0 Å². The molecule has 0 heterocycles. The standard InChI is InChI=1S/C20H26FNO4S/c1-27(24,25)22-20(23)17-9-16(15-4-5-15)19(10-18(17)21)26-11-14-7-12-2-3-13(6-12)8-14/h9-10,12-15H,2-8,11H2,1H3,(H,22,23)/t12-,13+,14?. The van der Waals surface area contributed by atoms with Crippen LogP contribution in [0.15, 0.2) is 12.1 Å². The van der Waals surface area contributed by atoms with Gasteiger partial charge in [0.1, 0.15) is 11.6 Å². The lowest BCUT2D eigenvalue weighted by molar-refractivity contribution is 0.0977. The molecule has 3 saturated carbocycles. The number of sulfonamides is 1. The Hall–Kier alpha value is -1.63. The van der Waals surface area contributed by atoms with Crippen molar-refractivity contribution in [3.63, 3.8) is 0 Å². The van der Waals surface area contributed by atoms with Crippen LogP contribution in [-0.2, 0) is 10.0 Å². The Bertz CT molecular complexity index is 838. The number of carbonyl (C=O) groups excluding carboxylic acids is 1. The number of nitrogens with one attached hydrogen (secondary N) is 1. The first-order valence-electron chi connectivity index (χ1n) is 9.77. The molecule has 0 aromatic heterocycles. The monoisotopic (exact) mass is 395 g/mol. The summed E-state index contributed by atoms with van der Waals surface area (Å²) in [4.78, 5) is 12.1. The first kappa shape index (κ1) is 18.7. The van der Waals surface area contributed by atoms with Gasteiger partial charge in [0.25, 0.3) is 5.91 Å². The van der Waals surface area contributed by atoms with Gasteiger partial charge >= 0.3 is 0 Å². The van der Waals surface area contributed by atoms with E-state index in [1.165, 1.54) is 44.2 Å². The maximum Gasteiger partial charge on any atom is 0.267 e. The van der Waals surface area contributed by atoms with E-state index in [4.69, 9.17) is 4.74 Å². The fourth-order valence-corrected chi connectivity index (χ4v) is 5.24. The molecular formula is C20H26FNO4S. The Balaban J connectivity index is 1.50. The molecule has 3 aliphatic rings. The second kappa shape index (κ2) is 7.08. The van der Waals surface area contributed by atoms with Crippen LogP contribution in [0, 0.1) is 23.6 Å². The highest BCUT2D eigenvalue weighted by Crippen LogP contribution is 2.47. The number of hydrogen-bond donors (Lipinski definition) is 1. The molecule has 0 spiro atoms. The van der Waals surface area contributed by atoms with Gasteiger partial charge in [0.15, 0.2) is 0 Å². The van der Waals surface area contributed by atoms with Crippen molar-refractivity contribution in [3.8, 4) is 5.75 Å². The van der Waals surface area contributed by atoms with E-state index in [1.807, 2.05) is 4.72 Å². The zero-order valence-electron chi connectivity index (χ0n) is 15.5. The molecule has 7 heteroatoms. The van der Waals surface area contributed by atoms with Crippen molar-refractivity contribution in [2.45, 2.75) is 50.9 Å². The van der Waals surface area contributed by atoms with Crippen molar-refractivity contribution in [2.75, 3.05) is 12.9 Å². The number of rotatable bonds is 6. The maximum atomic E-state index is 14.5. The average Bonchev–Trinajstić information content (AvgIpc) is 3.36. The molecular weight excluding hydrogens is 369 g/mol. The van der Waals surface area contributed by atoms with E-state index < -0.39 is 21.7 Å². The fraction of sp³-hybridized carbons (Fsp3) is 0.650. The summed E-state index contributed by atoms with van der Waals surface area (Å²) < 4.78 is 44.9. The Morgan fingerprint density at radius 3 is 2.41 bits per heavy atom. The first-order chi connectivity index (χ1) is 12.8. The van der Waals surface area contributed by atoms with Crippen LogP contribution < -0.4 is 9.46 Å². The number of carbonyl (C=O) groups is 1. The molecule has 1 aromatic carbocycles. The zero-order chi connectivity index (χ0) is 19.2. The van der Waals surface area contributed by atoms with Crippen LogP contribution in [0.4, 0.5) is 4.39 Å². The molecule has 0 aliphatic heterocycles. The minimum Gasteiger partial charge on any atom is -0.493 e. The van der Waals surface area contributed by atoms with E-state index in [0.717, 1.165) is 36.5 Å². The topological polar surface area (TPSA) is 72.5 Å². The zero-order valence-corrected chi connectivity index (χ0v) is 16.4. The molecule has 1 unspecified atom stereocenters. The molecule has 5 nitrogen and oxygen atoms in total. The van der Waals surface area contributed by atoms with Gasteiger partial charge in [0, 0.05) is 6.07 Å². The third kappa shape index (κ3) is 4.45. The van der Waals surface area contributed by atoms with Crippen molar-refractivity contribution in [2.24, 2.45) is 17.8 Å². The van der Waals surface area contributed by atoms with Gasteiger partial charge < -0.3 is 4.74 Å². The van der Waals surface area contributed by atoms with Crippen molar-refractivity contribution in [1.82, 2.24) is 4.72 Å². The summed E-state index contributed by atoms with van der Waals surface area (Å²) in [5, 5.41) is 0. The molecule has 3 fully saturated rings. The van der Waals surface area contributed by atoms with Crippen molar-refractivity contribution in [3.05, 3.63) is 29.1 Å². The van der Waals surface area contributed by atoms with E-state index in [9.17, 15) is 17.6 Å². The molecule has 3 atom stereocenters. The summed E-state index contributed by atoms with van der Waals surface area (Å²) in [5.41, 5.74) is 0.569. The molecule has 3 aliphatic carbocycles. The maximum absolute atomic E-state index is 14.5. The predicted octanol–water partition coefficient (Wildman–Crippen LogP) is 3.60. The van der Waals surface area contributed by atoms with E-state index in [1.54, 1.807) is 0 Å². The summed E-state index contributed by atoms with van der Waals surface area (Å²) in [6, 6.07) is 2.72. The Morgan fingerprint density at radius 2 is 1.81 bits per heavy atom. The van der Waals surface area contributed by atoms with Gasteiger partial charge in [-0.3, -0.25) is 4.79 Å². The Kier molecular flexibility index (Phi) is 4.91. The second-order valence-corrected chi connectivity index (χ2v) is 10.3. The quantitative estimate of drug-likeness (QED) is 0.799. The van der Waals surface area contributed by atoms with Crippen LogP contribution in [0.3, 0.4) is 0 Å². The molecule has 27 heavy (non-hydrogen) atoms. The van der Waals surface area contributed by atoms with Crippen molar-refractivity contribution >= 4 is 15.9 Å². The van der Waals surface area contributed by atoms with Crippen LogP contribution in [0.25, 0.3) is 0 Å². The van der Waals surface area contributed by atoms with E-state index in [2.05, 4.69) is 0 Å². The van der Waals surface area contributed by atoms with Crippen LogP contribution in [0.5, 0.6) is 5.75 Å². The van der Waals surface area contributed by atoms with Gasteiger partial charge in [0.2, 0.25) is 10.0 Å². The minimum atomic E-state index is -3.74. The van der Waals surface area contributed by atoms with Crippen LogP contribution in [-0.4, -0.2) is 27.2 Å². The molecule has 1 amide bonds. The van der Waals surface area contributed by atoms with Crippen LogP contribution in [0.1, 0.15) is 66.8 Å². The highest BCUT2D eigenvalue weighted by Gasteiger charge is 2.35. The van der Waals surface area contributed by atoms with Crippen molar-refractivity contribution in [1.29, 1.82) is 0 Å². The number of halogens is 1. The number of amides is 1. The lowest BCUT2D eigenvalue weighted by atomic mass is 9.81. The highest BCUT2D eigenvalue weighted by atomic mass is 32.2. The summed E-state index contributed by atoms with van der Waals surface area (Å²) in [5.74, 6) is 1.22. The van der Waals surface area contributed by atoms with Gasteiger partial charge in [-0.2, -0.15) is 0 Å². The smallest absolute Gasteiger partial charge is 0.267 e. The Labute approximate surface area is 159 Å². The third-order valence-electron chi connectivity index (χ3n) is 6.10. The Morgan fingerprint density at radius 1 is 1.15 bits per heavy atom. The SMILES string of the molecule is CS(=O)(=O)NC(=O)c1cc(C2CC2)c(OCC2C[C@H]3CC[C@@H](C2)C3)cc1F. The summed E-state index contributed by atoms with van der Waals surface area (Å²) in [6.45, 7) is 0.584. The van der Waals surface area contributed by atoms with Gasteiger partial charge in [-0.05, 0) is 67.4 Å². The number of ether oxygens (including phenoxy) is 1. The highest BCUT2D eigenvalue weighted by molar-refractivity contribution is 7.89. The summed E-state index contributed by atoms with van der Waals surface area (Å²) in [7, 11) is -3.74.